The first-order valence-electron chi connectivity index (χ1n) is 14.9. The molecule has 0 heterocycles. The number of rotatable bonds is 10. The topological polar surface area (TPSA) is 0 Å². The summed E-state index contributed by atoms with van der Waals surface area (Å²) in [5.41, 5.74) is 5.04. The molecule has 0 amide bonds. The molecule has 0 fully saturated rings. The van der Waals surface area contributed by atoms with Gasteiger partial charge in [-0.1, -0.05) is 137 Å². The molecular formula is C30H67LiSi7. The summed E-state index contributed by atoms with van der Waals surface area (Å²) in [7, 11) is -10.6. The van der Waals surface area contributed by atoms with E-state index in [1.54, 1.807) is 16.7 Å². The van der Waals surface area contributed by atoms with Crippen molar-refractivity contribution in [3.8, 4) is 0 Å². The van der Waals surface area contributed by atoms with Gasteiger partial charge in [0.2, 0.25) is 0 Å². The summed E-state index contributed by atoms with van der Waals surface area (Å²) in [6, 6.07) is 9.92. The normalized spacial score (nSPS) is 15.2. The van der Waals surface area contributed by atoms with E-state index in [1.165, 1.54) is 0 Å². The Morgan fingerprint density at radius 1 is 0.447 bits per heavy atom. The molecule has 1 aromatic rings. The summed E-state index contributed by atoms with van der Waals surface area (Å²) in [4.78, 5) is 0. The summed E-state index contributed by atoms with van der Waals surface area (Å²) in [5.74, 6) is 0. The Bertz CT molecular complexity index is 824. The van der Waals surface area contributed by atoms with Crippen LogP contribution in [0.3, 0.4) is 0 Å². The second-order valence-electron chi connectivity index (χ2n) is 19.6. The molecule has 0 bridgehead atoms. The van der Waals surface area contributed by atoms with Gasteiger partial charge in [0.1, 0.15) is 0 Å². The van der Waals surface area contributed by atoms with E-state index in [9.17, 15) is 0 Å². The van der Waals surface area contributed by atoms with Crippen molar-refractivity contribution in [3.63, 3.8) is 0 Å². The Morgan fingerprint density at radius 2 is 0.658 bits per heavy atom. The van der Waals surface area contributed by atoms with E-state index in [2.05, 4.69) is 156 Å². The molecule has 38 heavy (non-hydrogen) atoms. The van der Waals surface area contributed by atoms with Gasteiger partial charge in [-0.05, 0) is 14.6 Å². The average Bonchev–Trinajstić information content (AvgIpc) is 2.43. The Kier molecular flexibility index (Phi) is 12.2. The van der Waals surface area contributed by atoms with E-state index in [4.69, 9.17) is 0 Å². The van der Waals surface area contributed by atoms with Gasteiger partial charge in [0.05, 0.1) is 0 Å². The van der Waals surface area contributed by atoms with E-state index < -0.39 is 56.5 Å². The van der Waals surface area contributed by atoms with Gasteiger partial charge in [-0.15, -0.1) is 0 Å². The second-order valence-corrected chi connectivity index (χ2v) is 59.3. The molecule has 0 nitrogen and oxygen atoms in total. The maximum atomic E-state index is 4.32. The smallest absolute Gasteiger partial charge is 0.177 e. The third-order valence-corrected chi connectivity index (χ3v) is 48.5. The monoisotopic (exact) mass is 630 g/mol. The molecule has 0 aliphatic carbocycles. The van der Waals surface area contributed by atoms with Crippen molar-refractivity contribution in [3.05, 3.63) is 34.9 Å². The molecule has 0 radical (unpaired) electrons. The maximum absolute atomic E-state index is 4.32. The summed E-state index contributed by atoms with van der Waals surface area (Å²) in [6.45, 7) is 56.0. The van der Waals surface area contributed by atoms with Crippen LogP contribution in [0, 0.1) is 6.07 Å². The second kappa shape index (κ2) is 11.8. The fourth-order valence-electron chi connectivity index (χ4n) is 10.3. The van der Waals surface area contributed by atoms with E-state index in [0.717, 1.165) is 10.3 Å². The molecule has 1 aromatic carbocycles. The van der Waals surface area contributed by atoms with Gasteiger partial charge in [-0.3, -0.25) is 0 Å². The largest absolute Gasteiger partial charge is 1.00 e. The van der Waals surface area contributed by atoms with Crippen LogP contribution < -0.4 is 18.9 Å². The van der Waals surface area contributed by atoms with Gasteiger partial charge in [0.25, 0.3) is 0 Å². The summed E-state index contributed by atoms with van der Waals surface area (Å²) in [5, 5.41) is 1.48. The quantitative estimate of drug-likeness (QED) is 0.181. The van der Waals surface area contributed by atoms with Crippen molar-refractivity contribution in [2.75, 3.05) is 0 Å². The van der Waals surface area contributed by atoms with Gasteiger partial charge < -0.3 is 0 Å². The average molecular weight is 631 g/mol. The zero-order valence-electron chi connectivity index (χ0n) is 30.3. The molecule has 0 N–H and O–H groups in total. The van der Waals surface area contributed by atoms with Crippen LogP contribution in [0.2, 0.25) is 137 Å². The van der Waals surface area contributed by atoms with E-state index in [0.29, 0.717) is 4.28 Å². The van der Waals surface area contributed by atoms with Crippen LogP contribution >= 0.6 is 0 Å². The molecule has 0 aliphatic heterocycles. The standard InChI is InChI=1S/C30H67Si7.Li/c1-31(2,3)28(32(4,5)6)25-22-26(29(33(7,8)9)34(10,11)12)24-27(23-25)30(35(13,14)15,36(16,17)18)37(19,20)21;/h23-24,28-29H,1-21H3;/q-1;+1. The third kappa shape index (κ3) is 8.03. The van der Waals surface area contributed by atoms with Gasteiger partial charge in [-0.25, -0.2) is 0 Å². The zero-order valence-corrected chi connectivity index (χ0v) is 37.3. The molecule has 216 valence electrons. The molecular weight excluding hydrogens is 564 g/mol. The van der Waals surface area contributed by atoms with Crippen LogP contribution in [0.1, 0.15) is 27.0 Å². The van der Waals surface area contributed by atoms with Crippen molar-refractivity contribution in [1.82, 2.24) is 0 Å². The van der Waals surface area contributed by atoms with Crippen molar-refractivity contribution < 1.29 is 18.9 Å². The molecule has 0 aliphatic rings. The Hall–Kier alpha value is 1.34. The third-order valence-electron chi connectivity index (χ3n) is 8.80. The van der Waals surface area contributed by atoms with Crippen LogP contribution in [0.25, 0.3) is 0 Å². The molecule has 0 aromatic heterocycles. The van der Waals surface area contributed by atoms with Gasteiger partial charge in [-0.2, -0.15) is 34.9 Å². The first-order chi connectivity index (χ1) is 15.8. The minimum atomic E-state index is -1.59. The van der Waals surface area contributed by atoms with Gasteiger partial charge in [0, 0.05) is 56.5 Å². The van der Waals surface area contributed by atoms with Crippen LogP contribution in [0.15, 0.2) is 12.1 Å². The Balaban J connectivity index is 0.0000137. The fourth-order valence-corrected chi connectivity index (χ4v) is 65.5. The minimum Gasteiger partial charge on any atom is -0.177 e. The Labute approximate surface area is 260 Å². The predicted octanol–water partition coefficient (Wildman–Crippen LogP) is 8.04. The van der Waals surface area contributed by atoms with Gasteiger partial charge >= 0.3 is 18.9 Å². The molecule has 0 saturated heterocycles. The first kappa shape index (κ1) is 39.3. The maximum Gasteiger partial charge on any atom is 1.00 e. The Morgan fingerprint density at radius 3 is 0.816 bits per heavy atom. The zero-order chi connectivity index (χ0) is 30.0. The molecule has 1 rings (SSSR count). The predicted molar refractivity (Wildman–Crippen MR) is 196 cm³/mol. The SMILES string of the molecule is C[Si](C)(C)C(c1[c-]c(C([Si](C)(C)C)[Si](C)(C)C)cc(C([Si](C)(C)C)([Si](C)(C)C)[Si](C)(C)C)c1)[Si](C)(C)C.[Li+]. The number of benzene rings is 1. The minimum absolute atomic E-state index is 0. The summed E-state index contributed by atoms with van der Waals surface area (Å²) < 4.78 is 0.415. The molecule has 0 saturated carbocycles. The summed E-state index contributed by atoms with van der Waals surface area (Å²) >= 11 is 0. The molecule has 8 heteroatoms. The van der Waals surface area contributed by atoms with Crippen molar-refractivity contribution in [1.29, 1.82) is 0 Å². The molecule has 0 spiro atoms. The van der Waals surface area contributed by atoms with Crippen molar-refractivity contribution in [2.45, 2.75) is 152 Å². The fraction of sp³-hybridized carbons (Fsp3) is 0.800. The van der Waals surface area contributed by atoms with E-state index in [1.807, 2.05) is 0 Å². The van der Waals surface area contributed by atoms with Crippen LogP contribution in [-0.4, -0.2) is 56.5 Å². The van der Waals surface area contributed by atoms with E-state index in [-0.39, 0.29) is 18.9 Å². The van der Waals surface area contributed by atoms with Gasteiger partial charge in [0.15, 0.2) is 0 Å². The first-order valence-corrected chi connectivity index (χ1v) is 39.7. The van der Waals surface area contributed by atoms with E-state index >= 15 is 0 Å². The molecule has 0 atom stereocenters. The molecule has 0 unspecified atom stereocenters. The van der Waals surface area contributed by atoms with Crippen LogP contribution in [0.5, 0.6) is 0 Å². The van der Waals surface area contributed by atoms with Crippen LogP contribution in [-0.2, 0) is 4.28 Å². The number of hydrogen-bond acceptors (Lipinski definition) is 0. The number of hydrogen-bond donors (Lipinski definition) is 0. The van der Waals surface area contributed by atoms with Crippen LogP contribution in [0.4, 0.5) is 0 Å². The summed E-state index contributed by atoms with van der Waals surface area (Å²) in [6.07, 6.45) is 0. The van der Waals surface area contributed by atoms with Crippen molar-refractivity contribution >= 4 is 56.5 Å². The van der Waals surface area contributed by atoms with Crippen molar-refractivity contribution in [2.24, 2.45) is 0 Å².